The number of nitro benzene ring substituents is 1. The number of aryl methyl sites for hydroxylation is 1. The van der Waals surface area contributed by atoms with Gasteiger partial charge in [0.25, 0.3) is 5.69 Å². The van der Waals surface area contributed by atoms with Gasteiger partial charge in [-0.2, -0.15) is 0 Å². The summed E-state index contributed by atoms with van der Waals surface area (Å²) in [6, 6.07) is 5.22. The van der Waals surface area contributed by atoms with E-state index in [4.69, 9.17) is 0 Å². The van der Waals surface area contributed by atoms with E-state index in [-0.39, 0.29) is 16.5 Å². The molecule has 1 aromatic rings. The van der Waals surface area contributed by atoms with Crippen LogP contribution in [-0.4, -0.2) is 10.3 Å². The van der Waals surface area contributed by atoms with Crippen molar-refractivity contribution in [2.45, 2.75) is 19.8 Å². The molecule has 0 aliphatic heterocycles. The highest BCUT2D eigenvalue weighted by Gasteiger charge is 2.17. The molecule has 1 rings (SSSR count). The molecule has 0 aromatic heterocycles. The SMILES string of the molecule is Cc1ccc([N+](=O)[O-])c(C(C)CBr)c1. The van der Waals surface area contributed by atoms with Gasteiger partial charge in [0.1, 0.15) is 0 Å². The molecule has 0 fully saturated rings. The van der Waals surface area contributed by atoms with Gasteiger partial charge in [0.05, 0.1) is 4.92 Å². The van der Waals surface area contributed by atoms with Crippen LogP contribution >= 0.6 is 15.9 Å². The number of benzene rings is 1. The highest BCUT2D eigenvalue weighted by atomic mass is 79.9. The van der Waals surface area contributed by atoms with E-state index in [0.717, 1.165) is 16.5 Å². The lowest BCUT2D eigenvalue weighted by Crippen LogP contribution is -2.01. The zero-order chi connectivity index (χ0) is 10.7. The van der Waals surface area contributed by atoms with Gasteiger partial charge in [-0.15, -0.1) is 0 Å². The molecule has 0 aliphatic carbocycles. The third-order valence-electron chi connectivity index (χ3n) is 2.14. The molecule has 0 spiro atoms. The maximum atomic E-state index is 10.7. The van der Waals surface area contributed by atoms with Crippen molar-refractivity contribution in [2.75, 3.05) is 5.33 Å². The molecule has 0 N–H and O–H groups in total. The second-order valence-electron chi connectivity index (χ2n) is 3.37. The number of hydrogen-bond acceptors (Lipinski definition) is 2. The van der Waals surface area contributed by atoms with Crippen molar-refractivity contribution in [2.24, 2.45) is 0 Å². The van der Waals surface area contributed by atoms with Crippen molar-refractivity contribution in [3.63, 3.8) is 0 Å². The third-order valence-corrected chi connectivity index (χ3v) is 3.11. The van der Waals surface area contributed by atoms with Crippen molar-refractivity contribution >= 4 is 21.6 Å². The van der Waals surface area contributed by atoms with Crippen molar-refractivity contribution in [3.05, 3.63) is 39.4 Å². The number of nitrogens with zero attached hydrogens (tertiary/aromatic N) is 1. The molecule has 0 heterocycles. The quantitative estimate of drug-likeness (QED) is 0.473. The van der Waals surface area contributed by atoms with Crippen molar-refractivity contribution in [3.8, 4) is 0 Å². The summed E-state index contributed by atoms with van der Waals surface area (Å²) < 4.78 is 0. The van der Waals surface area contributed by atoms with E-state index in [1.54, 1.807) is 12.1 Å². The first-order chi connectivity index (χ1) is 6.56. The minimum atomic E-state index is -0.325. The standard InChI is InChI=1S/C10H12BrNO2/c1-7-3-4-10(12(13)14)9(5-7)8(2)6-11/h3-5,8H,6H2,1-2H3. The Morgan fingerprint density at radius 3 is 2.71 bits per heavy atom. The molecule has 0 aliphatic rings. The summed E-state index contributed by atoms with van der Waals surface area (Å²) in [5.74, 6) is 0.162. The summed E-state index contributed by atoms with van der Waals surface area (Å²) in [5.41, 5.74) is 2.06. The Balaban J connectivity index is 3.22. The summed E-state index contributed by atoms with van der Waals surface area (Å²) in [6.45, 7) is 3.91. The van der Waals surface area contributed by atoms with E-state index in [1.165, 1.54) is 0 Å². The van der Waals surface area contributed by atoms with E-state index in [1.807, 2.05) is 19.9 Å². The van der Waals surface area contributed by atoms with E-state index < -0.39 is 0 Å². The van der Waals surface area contributed by atoms with Gasteiger partial charge in [-0.3, -0.25) is 10.1 Å². The Hall–Kier alpha value is -0.900. The molecule has 0 saturated carbocycles. The topological polar surface area (TPSA) is 43.1 Å². The molecule has 4 heteroatoms. The number of hydrogen-bond donors (Lipinski definition) is 0. The normalized spacial score (nSPS) is 12.5. The van der Waals surface area contributed by atoms with Crippen LogP contribution in [0.25, 0.3) is 0 Å². The first-order valence-corrected chi connectivity index (χ1v) is 5.49. The summed E-state index contributed by atoms with van der Waals surface area (Å²) in [5, 5.41) is 11.5. The fourth-order valence-corrected chi connectivity index (χ4v) is 1.67. The lowest BCUT2D eigenvalue weighted by molar-refractivity contribution is -0.385. The molecule has 76 valence electrons. The van der Waals surface area contributed by atoms with Crippen LogP contribution in [0.4, 0.5) is 5.69 Å². The van der Waals surface area contributed by atoms with Crippen LogP contribution in [0.15, 0.2) is 18.2 Å². The van der Waals surface area contributed by atoms with E-state index >= 15 is 0 Å². The van der Waals surface area contributed by atoms with Crippen LogP contribution in [0.5, 0.6) is 0 Å². The summed E-state index contributed by atoms with van der Waals surface area (Å²) in [6.07, 6.45) is 0. The Morgan fingerprint density at radius 1 is 1.57 bits per heavy atom. The average molecular weight is 258 g/mol. The number of alkyl halides is 1. The minimum Gasteiger partial charge on any atom is -0.258 e. The lowest BCUT2D eigenvalue weighted by atomic mass is 9.99. The van der Waals surface area contributed by atoms with E-state index in [0.29, 0.717) is 0 Å². The smallest absolute Gasteiger partial charge is 0.258 e. The van der Waals surface area contributed by atoms with E-state index in [2.05, 4.69) is 15.9 Å². The van der Waals surface area contributed by atoms with Gasteiger partial charge in [0.15, 0.2) is 0 Å². The molecule has 1 atom stereocenters. The van der Waals surface area contributed by atoms with Crippen LogP contribution in [-0.2, 0) is 0 Å². The fraction of sp³-hybridized carbons (Fsp3) is 0.400. The van der Waals surface area contributed by atoms with Gasteiger partial charge >= 0.3 is 0 Å². The van der Waals surface area contributed by atoms with Gasteiger partial charge in [-0.05, 0) is 18.9 Å². The van der Waals surface area contributed by atoms with E-state index in [9.17, 15) is 10.1 Å². The zero-order valence-electron chi connectivity index (χ0n) is 8.16. The molecule has 1 aromatic carbocycles. The minimum absolute atomic E-state index is 0.162. The molecular weight excluding hydrogens is 246 g/mol. The molecule has 0 saturated heterocycles. The maximum Gasteiger partial charge on any atom is 0.272 e. The molecule has 1 unspecified atom stereocenters. The summed E-state index contributed by atoms with van der Waals surface area (Å²) in [7, 11) is 0. The Labute approximate surface area is 91.4 Å². The second kappa shape index (κ2) is 4.55. The second-order valence-corrected chi connectivity index (χ2v) is 4.02. The van der Waals surface area contributed by atoms with Gasteiger partial charge < -0.3 is 0 Å². The first-order valence-electron chi connectivity index (χ1n) is 4.37. The number of rotatable bonds is 3. The Kier molecular flexibility index (Phi) is 3.63. The highest BCUT2D eigenvalue weighted by Crippen LogP contribution is 2.28. The molecule has 0 amide bonds. The van der Waals surface area contributed by atoms with Crippen LogP contribution in [0.2, 0.25) is 0 Å². The van der Waals surface area contributed by atoms with Crippen LogP contribution in [0.1, 0.15) is 24.0 Å². The highest BCUT2D eigenvalue weighted by molar-refractivity contribution is 9.09. The first kappa shape index (κ1) is 11.2. The third kappa shape index (κ3) is 2.32. The zero-order valence-corrected chi connectivity index (χ0v) is 9.74. The molecule has 14 heavy (non-hydrogen) atoms. The number of halogens is 1. The molecule has 3 nitrogen and oxygen atoms in total. The summed E-state index contributed by atoms with van der Waals surface area (Å²) >= 11 is 3.34. The van der Waals surface area contributed by atoms with Crippen LogP contribution < -0.4 is 0 Å². The van der Waals surface area contributed by atoms with Gasteiger partial charge in [-0.25, -0.2) is 0 Å². The molecule has 0 radical (unpaired) electrons. The van der Waals surface area contributed by atoms with Crippen molar-refractivity contribution in [1.82, 2.24) is 0 Å². The monoisotopic (exact) mass is 257 g/mol. The van der Waals surface area contributed by atoms with Crippen LogP contribution in [0, 0.1) is 17.0 Å². The number of nitro groups is 1. The molecule has 0 bridgehead atoms. The van der Waals surface area contributed by atoms with Crippen molar-refractivity contribution < 1.29 is 4.92 Å². The Morgan fingerprint density at radius 2 is 2.21 bits per heavy atom. The van der Waals surface area contributed by atoms with Crippen molar-refractivity contribution in [1.29, 1.82) is 0 Å². The predicted molar refractivity (Wildman–Crippen MR) is 60.0 cm³/mol. The van der Waals surface area contributed by atoms with Gasteiger partial charge in [0.2, 0.25) is 0 Å². The predicted octanol–water partition coefficient (Wildman–Crippen LogP) is 3.40. The fourth-order valence-electron chi connectivity index (χ4n) is 1.32. The lowest BCUT2D eigenvalue weighted by Gasteiger charge is -2.09. The average Bonchev–Trinajstić information content (AvgIpc) is 2.16. The van der Waals surface area contributed by atoms with Gasteiger partial charge in [-0.1, -0.05) is 34.5 Å². The van der Waals surface area contributed by atoms with Gasteiger partial charge in [0, 0.05) is 17.0 Å². The maximum absolute atomic E-state index is 10.7. The van der Waals surface area contributed by atoms with Crippen LogP contribution in [0.3, 0.4) is 0 Å². The summed E-state index contributed by atoms with van der Waals surface area (Å²) in [4.78, 5) is 10.4. The Bertz CT molecular complexity index is 352. The molecular formula is C10H12BrNO2. The largest absolute Gasteiger partial charge is 0.272 e.